The van der Waals surface area contributed by atoms with Crippen molar-refractivity contribution in [1.29, 1.82) is 0 Å². The maximum Gasteiger partial charge on any atom is 0.0102 e. The van der Waals surface area contributed by atoms with Gasteiger partial charge in [-0.2, -0.15) is 0 Å². The lowest BCUT2D eigenvalue weighted by Crippen LogP contribution is -1.93. The quantitative estimate of drug-likeness (QED) is 0.383. The number of hydrogen-bond acceptors (Lipinski definition) is 0. The first-order chi connectivity index (χ1) is 3.97. The Morgan fingerprint density at radius 3 is 3.25 bits per heavy atom. The summed E-state index contributed by atoms with van der Waals surface area (Å²) in [7, 11) is 1.41. The molecule has 0 radical (unpaired) electrons. The second kappa shape index (κ2) is 1.57. The summed E-state index contributed by atoms with van der Waals surface area (Å²) in [6.07, 6.45) is 6.65. The predicted molar refractivity (Wildman–Crippen MR) is 42.6 cm³/mol. The van der Waals surface area contributed by atoms with Gasteiger partial charge in [0.25, 0.3) is 0 Å². The molecule has 0 atom stereocenters. The second-order valence-corrected chi connectivity index (χ2v) is 5.79. The van der Waals surface area contributed by atoms with Crippen LogP contribution in [0, 0.1) is 0 Å². The van der Waals surface area contributed by atoms with Gasteiger partial charge in [0.05, 0.1) is 0 Å². The van der Waals surface area contributed by atoms with Gasteiger partial charge in [0.15, 0.2) is 0 Å². The summed E-state index contributed by atoms with van der Waals surface area (Å²) in [6.45, 7) is 0. The van der Waals surface area contributed by atoms with Gasteiger partial charge in [-0.05, 0) is 10.7 Å². The molecule has 2 rings (SSSR count). The van der Waals surface area contributed by atoms with Crippen LogP contribution in [0.15, 0.2) is 23.8 Å². The molecular weight excluding hydrogens is 128 g/mol. The first kappa shape index (κ1) is 4.52. The Labute approximate surface area is 52.6 Å². The molecule has 2 heteroatoms. The lowest BCUT2D eigenvalue weighted by molar-refractivity contribution is 2.08. The summed E-state index contributed by atoms with van der Waals surface area (Å²) in [5.41, 5.74) is 3.96. The lowest BCUT2D eigenvalue weighted by atomic mass is 10.3. The van der Waals surface area contributed by atoms with E-state index in [9.17, 15) is 0 Å². The summed E-state index contributed by atoms with van der Waals surface area (Å²) in [4.78, 5) is 0. The molecule has 0 nitrogen and oxygen atoms in total. The molecule has 0 amide bonds. The molecule has 0 saturated heterocycles. The summed E-state index contributed by atoms with van der Waals surface area (Å²) in [6, 6.07) is 0. The number of hydrogen-bond donors (Lipinski definition) is 0. The number of fused-ring (bicyclic) bond motifs is 1. The van der Waals surface area contributed by atoms with Crippen molar-refractivity contribution in [1.82, 2.24) is 0 Å². The van der Waals surface area contributed by atoms with Crippen LogP contribution in [-0.4, -0.2) is 28.1 Å². The van der Waals surface area contributed by atoms with Gasteiger partial charge in [0.2, 0.25) is 0 Å². The summed E-state index contributed by atoms with van der Waals surface area (Å²) >= 11 is 0. The molecule has 38 valence electrons. The summed E-state index contributed by atoms with van der Waals surface area (Å²) in [5, 5.41) is 1.65. The van der Waals surface area contributed by atoms with Crippen molar-refractivity contribution in [3.05, 3.63) is 23.8 Å². The molecular formula is C6H6Si2. The highest BCUT2D eigenvalue weighted by Crippen LogP contribution is 2.04. The average Bonchev–Trinajstić information content (AvgIpc) is 2.15. The molecule has 2 aliphatic rings. The van der Waals surface area contributed by atoms with E-state index in [0.29, 0.717) is 17.3 Å². The Morgan fingerprint density at radius 2 is 2.38 bits per heavy atom. The van der Waals surface area contributed by atoms with E-state index in [-0.39, 0.29) is 0 Å². The van der Waals surface area contributed by atoms with Crippen molar-refractivity contribution in [3.8, 4) is 0 Å². The number of allylic oxidation sites excluding steroid dienone is 4. The topological polar surface area (TPSA) is 0 Å². The molecule has 1 aliphatic carbocycles. The van der Waals surface area contributed by atoms with Gasteiger partial charge < -0.3 is 0 Å². The van der Waals surface area contributed by atoms with Crippen molar-refractivity contribution in [2.45, 2.75) is 0 Å². The Kier molecular flexibility index (Phi) is 0.886. The van der Waals surface area contributed by atoms with E-state index in [1.54, 1.807) is 5.17 Å². The smallest absolute Gasteiger partial charge is 0.0102 e. The monoisotopic (exact) mass is 134 g/mol. The molecule has 0 N–H and O–H groups in total. The molecule has 8 heavy (non-hydrogen) atoms. The van der Waals surface area contributed by atoms with Crippen molar-refractivity contribution >= 4 is 28.1 Å². The summed E-state index contributed by atoms with van der Waals surface area (Å²) in [5.74, 6) is 0. The average molecular weight is 134 g/mol. The van der Waals surface area contributed by atoms with Crippen LogP contribution in [0.3, 0.4) is 0 Å². The predicted octanol–water partition coefficient (Wildman–Crippen LogP) is -0.741. The van der Waals surface area contributed by atoms with E-state index in [1.807, 2.05) is 0 Å². The van der Waals surface area contributed by atoms with Crippen molar-refractivity contribution < 1.29 is 0 Å². The highest BCUT2D eigenvalue weighted by Gasteiger charge is 2.04. The lowest BCUT2D eigenvalue weighted by Gasteiger charge is -1.86. The van der Waals surface area contributed by atoms with Crippen LogP contribution in [0.1, 0.15) is 0 Å². The molecule has 0 aromatic carbocycles. The minimum Gasteiger partial charge on any atom is -0.0775 e. The van der Waals surface area contributed by atoms with Crippen LogP contribution >= 0.6 is 0 Å². The SMILES string of the molecule is C1=CC2=[SiH][SiH]=CC2=C1. The van der Waals surface area contributed by atoms with Gasteiger partial charge in [-0.1, -0.05) is 23.9 Å². The van der Waals surface area contributed by atoms with Gasteiger partial charge in [-0.25, -0.2) is 0 Å². The van der Waals surface area contributed by atoms with Crippen LogP contribution in [-0.2, 0) is 0 Å². The van der Waals surface area contributed by atoms with Crippen LogP contribution < -0.4 is 0 Å². The Bertz CT molecular complexity index is 205. The zero-order valence-corrected chi connectivity index (χ0v) is 6.77. The van der Waals surface area contributed by atoms with E-state index in [1.165, 1.54) is 5.57 Å². The van der Waals surface area contributed by atoms with Gasteiger partial charge >= 0.3 is 0 Å². The van der Waals surface area contributed by atoms with Crippen molar-refractivity contribution in [2.75, 3.05) is 0 Å². The van der Waals surface area contributed by atoms with Gasteiger partial charge in [-0.3, -0.25) is 0 Å². The molecule has 0 saturated carbocycles. The van der Waals surface area contributed by atoms with E-state index in [0.717, 1.165) is 0 Å². The fraction of sp³-hybridized carbons (Fsp3) is 0. The maximum absolute atomic E-state index is 2.42. The van der Waals surface area contributed by atoms with E-state index in [4.69, 9.17) is 0 Å². The normalized spacial score (nSPS) is 21.0. The zero-order valence-electron chi connectivity index (χ0n) is 4.46. The van der Waals surface area contributed by atoms with Crippen LogP contribution in [0.5, 0.6) is 0 Å². The largest absolute Gasteiger partial charge is 0.0775 e. The van der Waals surface area contributed by atoms with Crippen LogP contribution in [0.25, 0.3) is 0 Å². The Balaban J connectivity index is 2.59. The molecule has 0 aromatic rings. The number of rotatable bonds is 0. The molecule has 0 aromatic heterocycles. The molecule has 0 bridgehead atoms. The van der Waals surface area contributed by atoms with Crippen molar-refractivity contribution in [2.24, 2.45) is 0 Å². The highest BCUT2D eigenvalue weighted by atomic mass is 29.1. The minimum atomic E-state index is 0.697. The van der Waals surface area contributed by atoms with Crippen LogP contribution in [0.2, 0.25) is 0 Å². The second-order valence-electron chi connectivity index (χ2n) is 1.96. The van der Waals surface area contributed by atoms with E-state index in [2.05, 4.69) is 23.9 Å². The molecule has 1 aliphatic heterocycles. The molecule has 0 fully saturated rings. The fourth-order valence-electron chi connectivity index (χ4n) is 1.01. The third-order valence-electron chi connectivity index (χ3n) is 1.44. The van der Waals surface area contributed by atoms with Crippen LogP contribution in [0.4, 0.5) is 0 Å². The fourth-order valence-corrected chi connectivity index (χ4v) is 5.06. The Morgan fingerprint density at radius 1 is 1.38 bits per heavy atom. The molecule has 0 spiro atoms. The summed E-state index contributed by atoms with van der Waals surface area (Å²) < 4.78 is 0. The van der Waals surface area contributed by atoms with Gasteiger partial charge in [0, 0.05) is 17.3 Å². The molecule has 1 heterocycles. The van der Waals surface area contributed by atoms with Gasteiger partial charge in [0.1, 0.15) is 0 Å². The third-order valence-corrected chi connectivity index (χ3v) is 5.30. The highest BCUT2D eigenvalue weighted by molar-refractivity contribution is 7.12. The molecule has 0 unspecified atom stereocenters. The first-order valence-corrected chi connectivity index (χ1v) is 6.65. The minimum absolute atomic E-state index is 0.697. The van der Waals surface area contributed by atoms with Crippen molar-refractivity contribution in [3.63, 3.8) is 0 Å². The van der Waals surface area contributed by atoms with E-state index < -0.39 is 0 Å². The third kappa shape index (κ3) is 0.500. The van der Waals surface area contributed by atoms with E-state index >= 15 is 0 Å². The van der Waals surface area contributed by atoms with Gasteiger partial charge in [-0.15, -0.1) is 0 Å². The zero-order chi connectivity index (χ0) is 5.40. The standard InChI is InChI=1S/C6H6Si2/c1-2-5-4-7-8-6(5)3-1/h1-4,7-8H. The Hall–Kier alpha value is -0.346. The first-order valence-electron chi connectivity index (χ1n) is 2.74. The maximum atomic E-state index is 2.42.